The molecule has 3 aromatic rings. The van der Waals surface area contributed by atoms with Crippen molar-refractivity contribution in [2.75, 3.05) is 24.8 Å². The summed E-state index contributed by atoms with van der Waals surface area (Å²) < 4.78 is 36.1. The molecule has 0 saturated carbocycles. The number of benzene rings is 1. The number of ether oxygens (including phenoxy) is 1. The molecule has 0 spiro atoms. The fourth-order valence-corrected chi connectivity index (χ4v) is 4.08. The Balaban J connectivity index is 1.83. The van der Waals surface area contributed by atoms with Crippen molar-refractivity contribution in [1.82, 2.24) is 14.6 Å². The SMILES string of the molecule is O=C1c2c(O)c(=O)ccn2N2CN1C/C=C/COc1c(F)cccc1[C@@H]2c1cccc(F)n1. The van der Waals surface area contributed by atoms with Crippen molar-refractivity contribution in [3.05, 3.63) is 99.8 Å². The maximum atomic E-state index is 14.9. The summed E-state index contributed by atoms with van der Waals surface area (Å²) in [4.78, 5) is 30.7. The Morgan fingerprint density at radius 1 is 1.06 bits per heavy atom. The lowest BCUT2D eigenvalue weighted by Crippen LogP contribution is -2.55. The molecule has 0 radical (unpaired) electrons. The molecule has 0 saturated heterocycles. The van der Waals surface area contributed by atoms with Crippen LogP contribution >= 0.6 is 0 Å². The average Bonchev–Trinajstić information content (AvgIpc) is 2.82. The zero-order valence-corrected chi connectivity index (χ0v) is 17.2. The monoisotopic (exact) mass is 452 g/mol. The fourth-order valence-electron chi connectivity index (χ4n) is 4.08. The lowest BCUT2D eigenvalue weighted by molar-refractivity contribution is 0.0700. The van der Waals surface area contributed by atoms with Crippen LogP contribution < -0.4 is 15.2 Å². The number of para-hydroxylation sites is 1. The van der Waals surface area contributed by atoms with Gasteiger partial charge in [-0.05, 0) is 24.3 Å². The summed E-state index contributed by atoms with van der Waals surface area (Å²) in [6, 6.07) is 8.79. The molecule has 2 bridgehead atoms. The van der Waals surface area contributed by atoms with E-state index in [0.29, 0.717) is 5.56 Å². The van der Waals surface area contributed by atoms with Gasteiger partial charge in [0, 0.05) is 24.4 Å². The molecule has 168 valence electrons. The number of fused-ring (bicyclic) bond motifs is 5. The van der Waals surface area contributed by atoms with E-state index in [2.05, 4.69) is 4.98 Å². The van der Waals surface area contributed by atoms with Gasteiger partial charge < -0.3 is 14.7 Å². The van der Waals surface area contributed by atoms with Crippen LogP contribution in [0.2, 0.25) is 0 Å². The first-order chi connectivity index (χ1) is 16.0. The second kappa shape index (κ2) is 8.05. The smallest absolute Gasteiger partial charge is 0.278 e. The van der Waals surface area contributed by atoms with E-state index in [1.807, 2.05) is 0 Å². The highest BCUT2D eigenvalue weighted by molar-refractivity contribution is 5.96. The Labute approximate surface area is 186 Å². The summed E-state index contributed by atoms with van der Waals surface area (Å²) >= 11 is 0. The highest BCUT2D eigenvalue weighted by Gasteiger charge is 2.38. The van der Waals surface area contributed by atoms with Gasteiger partial charge in [-0.1, -0.05) is 24.3 Å². The summed E-state index contributed by atoms with van der Waals surface area (Å²) in [6.45, 7) is 0.163. The molecule has 2 aromatic heterocycles. The zero-order valence-electron chi connectivity index (χ0n) is 17.2. The van der Waals surface area contributed by atoms with Gasteiger partial charge in [-0.15, -0.1) is 0 Å². The molecule has 2 aliphatic heterocycles. The molecule has 1 N–H and O–H groups in total. The largest absolute Gasteiger partial charge is 0.502 e. The van der Waals surface area contributed by atoms with Crippen LogP contribution in [0, 0.1) is 11.8 Å². The average molecular weight is 452 g/mol. The van der Waals surface area contributed by atoms with Crippen molar-refractivity contribution in [2.45, 2.75) is 6.04 Å². The normalized spacial score (nSPS) is 18.6. The van der Waals surface area contributed by atoms with Crippen molar-refractivity contribution in [3.8, 4) is 11.5 Å². The van der Waals surface area contributed by atoms with Gasteiger partial charge >= 0.3 is 0 Å². The second-order valence-corrected chi connectivity index (χ2v) is 7.56. The van der Waals surface area contributed by atoms with E-state index in [1.54, 1.807) is 29.3 Å². The van der Waals surface area contributed by atoms with E-state index in [1.165, 1.54) is 40.0 Å². The minimum Gasteiger partial charge on any atom is -0.502 e. The van der Waals surface area contributed by atoms with E-state index >= 15 is 0 Å². The molecule has 0 fully saturated rings. The highest BCUT2D eigenvalue weighted by atomic mass is 19.1. The quantitative estimate of drug-likeness (QED) is 0.451. The molecule has 0 aliphatic carbocycles. The molecule has 1 atom stereocenters. The van der Waals surface area contributed by atoms with Crippen LogP contribution in [-0.2, 0) is 0 Å². The van der Waals surface area contributed by atoms with Gasteiger partial charge in [-0.2, -0.15) is 4.39 Å². The molecular formula is C23H18F2N4O4. The van der Waals surface area contributed by atoms with Gasteiger partial charge in [0.1, 0.15) is 19.3 Å². The molecule has 1 amide bonds. The molecule has 33 heavy (non-hydrogen) atoms. The minimum atomic E-state index is -0.930. The number of hydrogen-bond acceptors (Lipinski definition) is 6. The number of rotatable bonds is 1. The molecule has 1 aromatic carbocycles. The zero-order chi connectivity index (χ0) is 23.1. The first kappa shape index (κ1) is 20.7. The number of pyridine rings is 2. The lowest BCUT2D eigenvalue weighted by Gasteiger charge is -2.43. The molecular weight excluding hydrogens is 434 g/mol. The van der Waals surface area contributed by atoms with Gasteiger partial charge in [-0.3, -0.25) is 19.3 Å². The van der Waals surface area contributed by atoms with Crippen LogP contribution in [0.15, 0.2) is 65.6 Å². The van der Waals surface area contributed by atoms with Gasteiger partial charge in [0.25, 0.3) is 5.91 Å². The van der Waals surface area contributed by atoms with Crippen LogP contribution in [0.1, 0.15) is 27.8 Å². The number of carbonyl (C=O) groups is 1. The molecule has 5 rings (SSSR count). The molecule has 0 unspecified atom stereocenters. The third-order valence-corrected chi connectivity index (χ3v) is 5.56. The van der Waals surface area contributed by atoms with Crippen molar-refractivity contribution in [2.24, 2.45) is 0 Å². The number of amides is 1. The second-order valence-electron chi connectivity index (χ2n) is 7.56. The van der Waals surface area contributed by atoms with Crippen molar-refractivity contribution < 1.29 is 23.4 Å². The van der Waals surface area contributed by atoms with E-state index in [-0.39, 0.29) is 37.0 Å². The van der Waals surface area contributed by atoms with E-state index in [4.69, 9.17) is 4.74 Å². The van der Waals surface area contributed by atoms with Gasteiger partial charge in [-0.25, -0.2) is 9.37 Å². The topological polar surface area (TPSA) is 87.9 Å². The summed E-state index contributed by atoms with van der Waals surface area (Å²) in [5, 5.41) is 12.1. The summed E-state index contributed by atoms with van der Waals surface area (Å²) in [5.41, 5.74) is -0.411. The maximum absolute atomic E-state index is 14.9. The predicted molar refractivity (Wildman–Crippen MR) is 114 cm³/mol. The fraction of sp³-hybridized carbons (Fsp3) is 0.174. The molecule has 2 aliphatic rings. The Morgan fingerprint density at radius 2 is 1.88 bits per heavy atom. The van der Waals surface area contributed by atoms with Crippen molar-refractivity contribution >= 4 is 5.91 Å². The Kier molecular flexibility index (Phi) is 5.04. The minimum absolute atomic E-state index is 0.0166. The van der Waals surface area contributed by atoms with Crippen molar-refractivity contribution in [3.63, 3.8) is 0 Å². The molecule has 4 heterocycles. The van der Waals surface area contributed by atoms with E-state index in [9.17, 15) is 23.5 Å². The summed E-state index contributed by atoms with van der Waals surface area (Å²) in [6.07, 6.45) is 4.65. The van der Waals surface area contributed by atoms with E-state index in [0.717, 1.165) is 6.07 Å². The standard InChI is InChI=1S/C23H18F2N4O4/c24-15-6-3-5-14-19(16-7-4-8-18(25)26-16)29-13-27(10-1-2-12-33-22(14)15)23(32)20-21(31)17(30)9-11-28(20)29/h1-9,11,19,31H,10,12-13H2/b2-1+/t19-/m1/s1. The molecule has 10 heteroatoms. The number of halogens is 2. The van der Waals surface area contributed by atoms with Crippen molar-refractivity contribution in [1.29, 1.82) is 0 Å². The lowest BCUT2D eigenvalue weighted by atomic mass is 10.0. The van der Waals surface area contributed by atoms with Crippen LogP contribution in [0.3, 0.4) is 0 Å². The number of hydrogen-bond donors (Lipinski definition) is 1. The number of carbonyl (C=O) groups excluding carboxylic acids is 1. The number of aromatic hydroxyl groups is 1. The van der Waals surface area contributed by atoms with Crippen LogP contribution in [-0.4, -0.2) is 45.4 Å². The molecule has 8 nitrogen and oxygen atoms in total. The third-order valence-electron chi connectivity index (χ3n) is 5.56. The van der Waals surface area contributed by atoms with Crippen LogP contribution in [0.25, 0.3) is 0 Å². The first-order valence-corrected chi connectivity index (χ1v) is 10.1. The third kappa shape index (κ3) is 3.49. The van der Waals surface area contributed by atoms with Crippen LogP contribution in [0.4, 0.5) is 8.78 Å². The Hall–Kier alpha value is -4.21. The highest BCUT2D eigenvalue weighted by Crippen LogP contribution is 2.37. The summed E-state index contributed by atoms with van der Waals surface area (Å²) in [5.74, 6) is -2.67. The van der Waals surface area contributed by atoms with Gasteiger partial charge in [0.15, 0.2) is 23.0 Å². The predicted octanol–water partition coefficient (Wildman–Crippen LogP) is 2.32. The summed E-state index contributed by atoms with van der Waals surface area (Å²) in [7, 11) is 0. The van der Waals surface area contributed by atoms with Gasteiger partial charge in [0.2, 0.25) is 11.4 Å². The number of nitrogens with zero attached hydrogens (tertiary/aromatic N) is 4. The van der Waals surface area contributed by atoms with Gasteiger partial charge in [0.05, 0.1) is 5.69 Å². The van der Waals surface area contributed by atoms with E-state index < -0.39 is 34.9 Å². The first-order valence-electron chi connectivity index (χ1n) is 10.1. The number of aromatic nitrogens is 2. The Bertz CT molecular complexity index is 1340. The maximum Gasteiger partial charge on any atom is 0.278 e. The van der Waals surface area contributed by atoms with Crippen LogP contribution in [0.5, 0.6) is 11.5 Å². The Morgan fingerprint density at radius 3 is 2.70 bits per heavy atom.